The molecule has 0 spiro atoms. The Bertz CT molecular complexity index is 1260. The lowest BCUT2D eigenvalue weighted by Gasteiger charge is -2.29. The smallest absolute Gasteiger partial charge is 0.0267 e. The average molecular weight is 527 g/mol. The Morgan fingerprint density at radius 2 is 0.684 bits per heavy atom. The van der Waals surface area contributed by atoms with Gasteiger partial charge in [0.2, 0.25) is 0 Å². The molecule has 0 saturated carbocycles. The molecule has 0 aromatic heterocycles. The number of hydrogen-bond donors (Lipinski definition) is 0. The number of allylic oxidation sites excluding steroid dienone is 8. The zero-order valence-electron chi connectivity index (χ0n) is 21.5. The monoisotopic (exact) mass is 526 g/mol. The normalized spacial score (nSPS) is 18.3. The van der Waals surface area contributed by atoms with Crippen molar-refractivity contribution in [1.29, 1.82) is 0 Å². The van der Waals surface area contributed by atoms with Crippen LogP contribution in [0.3, 0.4) is 0 Å². The van der Waals surface area contributed by atoms with Crippen molar-refractivity contribution in [3.63, 3.8) is 0 Å². The maximum Gasteiger partial charge on any atom is 0.0267 e. The fraction of sp³-hybridized carbons (Fsp3) is 0.111. The van der Waals surface area contributed by atoms with E-state index in [1.807, 2.05) is 0 Å². The van der Waals surface area contributed by atoms with Gasteiger partial charge in [0.1, 0.15) is 0 Å². The predicted octanol–water partition coefficient (Wildman–Crippen LogP) is 7.76. The zero-order valence-corrected chi connectivity index (χ0v) is 23.3. The Labute approximate surface area is 229 Å². The van der Waals surface area contributed by atoms with Crippen LogP contribution in [0.15, 0.2) is 169 Å². The van der Waals surface area contributed by atoms with E-state index in [0.717, 1.165) is 12.8 Å². The molecule has 2 aliphatic rings. The second-order valence-electron chi connectivity index (χ2n) is 9.72. The van der Waals surface area contributed by atoms with Crippen LogP contribution in [0.2, 0.25) is 0 Å². The van der Waals surface area contributed by atoms with E-state index in [2.05, 4.69) is 158 Å². The second kappa shape index (κ2) is 12.0. The number of benzene rings is 4. The van der Waals surface area contributed by atoms with E-state index in [4.69, 9.17) is 0 Å². The summed E-state index contributed by atoms with van der Waals surface area (Å²) in [6.45, 7) is 0. The van der Waals surface area contributed by atoms with E-state index in [1.54, 1.807) is 11.1 Å². The van der Waals surface area contributed by atoms with Crippen LogP contribution < -0.4 is 21.2 Å². The molecule has 2 aliphatic carbocycles. The Balaban J connectivity index is 1.24. The predicted molar refractivity (Wildman–Crippen MR) is 169 cm³/mol. The van der Waals surface area contributed by atoms with Crippen molar-refractivity contribution < 1.29 is 0 Å². The number of rotatable bonds is 9. The molecular formula is C36H32P2. The van der Waals surface area contributed by atoms with Crippen LogP contribution in [0.25, 0.3) is 0 Å². The molecule has 2 heteroatoms. The van der Waals surface area contributed by atoms with Crippen LogP contribution in [0.4, 0.5) is 0 Å². The zero-order chi connectivity index (χ0) is 25.6. The second-order valence-corrected chi connectivity index (χ2v) is 14.4. The molecule has 0 aliphatic heterocycles. The van der Waals surface area contributed by atoms with E-state index in [9.17, 15) is 0 Å². The van der Waals surface area contributed by atoms with Gasteiger partial charge in [0.15, 0.2) is 0 Å². The summed E-state index contributed by atoms with van der Waals surface area (Å²) in [5, 5.41) is 5.81. The molecule has 2 unspecified atom stereocenters. The lowest BCUT2D eigenvalue weighted by Crippen LogP contribution is -2.22. The molecule has 0 amide bonds. The highest BCUT2D eigenvalue weighted by Gasteiger charge is 2.30. The molecule has 0 radical (unpaired) electrons. The van der Waals surface area contributed by atoms with Crippen LogP contribution in [-0.2, 0) is 0 Å². The van der Waals surface area contributed by atoms with Gasteiger partial charge in [-0.15, -0.1) is 0 Å². The van der Waals surface area contributed by atoms with Crippen molar-refractivity contribution in [2.75, 3.05) is 0 Å². The Kier molecular flexibility index (Phi) is 7.92. The Hall–Kier alpha value is -3.30. The van der Waals surface area contributed by atoms with Crippen LogP contribution in [0, 0.1) is 0 Å². The van der Waals surface area contributed by atoms with Crippen LogP contribution in [0.1, 0.15) is 12.8 Å². The minimum Gasteiger partial charge on any atom is -0.0725 e. The molecule has 0 N–H and O–H groups in total. The molecule has 0 fully saturated rings. The van der Waals surface area contributed by atoms with Gasteiger partial charge in [-0.2, -0.15) is 0 Å². The molecule has 6 rings (SSSR count). The summed E-state index contributed by atoms with van der Waals surface area (Å²) in [6, 6.07) is 44.5. The number of hydrogen-bond acceptors (Lipinski definition) is 0. The highest BCUT2D eigenvalue weighted by atomic mass is 31.1. The van der Waals surface area contributed by atoms with Crippen molar-refractivity contribution in [3.05, 3.63) is 169 Å². The molecule has 4 aromatic carbocycles. The minimum absolute atomic E-state index is 0.452. The summed E-state index contributed by atoms with van der Waals surface area (Å²) < 4.78 is 0. The van der Waals surface area contributed by atoms with Gasteiger partial charge in [-0.05, 0) is 49.9 Å². The fourth-order valence-corrected chi connectivity index (χ4v) is 11.1. The first-order valence-corrected chi connectivity index (χ1v) is 16.2. The third-order valence-corrected chi connectivity index (χ3v) is 12.9. The van der Waals surface area contributed by atoms with Gasteiger partial charge in [-0.1, -0.05) is 169 Å². The van der Waals surface area contributed by atoms with Crippen molar-refractivity contribution in [1.82, 2.24) is 0 Å². The SMILES string of the molecule is C1=CC(P(c2ccccc2)c2ccccc2)C(CCC2=CC=CC2P(c2ccccc2)c2ccccc2)=C1. The van der Waals surface area contributed by atoms with Crippen molar-refractivity contribution in [3.8, 4) is 0 Å². The van der Waals surface area contributed by atoms with Gasteiger partial charge in [0, 0.05) is 11.3 Å². The topological polar surface area (TPSA) is 0 Å². The van der Waals surface area contributed by atoms with Gasteiger partial charge in [0.05, 0.1) is 0 Å². The first-order chi connectivity index (χ1) is 18.9. The highest BCUT2D eigenvalue weighted by Crippen LogP contribution is 2.49. The molecule has 38 heavy (non-hydrogen) atoms. The highest BCUT2D eigenvalue weighted by molar-refractivity contribution is 7.74. The van der Waals surface area contributed by atoms with E-state index < -0.39 is 15.8 Å². The van der Waals surface area contributed by atoms with E-state index >= 15 is 0 Å². The summed E-state index contributed by atoms with van der Waals surface area (Å²) in [4.78, 5) is 0. The third kappa shape index (κ3) is 5.44. The molecule has 2 atom stereocenters. The minimum atomic E-state index is -0.497. The maximum atomic E-state index is 2.45. The van der Waals surface area contributed by atoms with Gasteiger partial charge in [-0.25, -0.2) is 0 Å². The van der Waals surface area contributed by atoms with Gasteiger partial charge >= 0.3 is 0 Å². The summed E-state index contributed by atoms with van der Waals surface area (Å²) in [5.41, 5.74) is 4.04. The standard InChI is InChI=1S/C36H32P2/c1-5-17-31(18-6-1)37(32-19-7-2-8-20-32)35-25-13-15-29(35)27-28-30-16-14-26-36(30)38(33-21-9-3-10-22-33)34-23-11-4-12-24-34/h1-26,35-36H,27-28H2. The largest absolute Gasteiger partial charge is 0.0725 e. The quantitative estimate of drug-likeness (QED) is 0.196. The van der Waals surface area contributed by atoms with Gasteiger partial charge in [0.25, 0.3) is 0 Å². The first kappa shape index (κ1) is 25.0. The average Bonchev–Trinajstić information content (AvgIpc) is 3.64. The molecule has 0 nitrogen and oxygen atoms in total. The summed E-state index contributed by atoms with van der Waals surface area (Å²) >= 11 is 0. The maximum absolute atomic E-state index is 2.45. The summed E-state index contributed by atoms with van der Waals surface area (Å²) in [7, 11) is -0.994. The Morgan fingerprint density at radius 3 is 0.974 bits per heavy atom. The lowest BCUT2D eigenvalue weighted by molar-refractivity contribution is 0.893. The molecule has 0 bridgehead atoms. The third-order valence-electron chi connectivity index (χ3n) is 7.36. The summed E-state index contributed by atoms with van der Waals surface area (Å²) in [5.74, 6) is 0. The molecular weight excluding hydrogens is 494 g/mol. The molecule has 186 valence electrons. The van der Waals surface area contributed by atoms with Gasteiger partial charge in [-0.3, -0.25) is 0 Å². The van der Waals surface area contributed by atoms with E-state index in [1.165, 1.54) is 21.2 Å². The fourth-order valence-electron chi connectivity index (χ4n) is 5.56. The van der Waals surface area contributed by atoms with Gasteiger partial charge < -0.3 is 0 Å². The van der Waals surface area contributed by atoms with Crippen molar-refractivity contribution in [2.45, 2.75) is 24.2 Å². The van der Waals surface area contributed by atoms with Crippen molar-refractivity contribution in [2.24, 2.45) is 0 Å². The lowest BCUT2D eigenvalue weighted by atomic mass is 10.0. The van der Waals surface area contributed by atoms with Crippen LogP contribution >= 0.6 is 15.8 Å². The summed E-state index contributed by atoms with van der Waals surface area (Å²) in [6.07, 6.45) is 16.5. The Morgan fingerprint density at radius 1 is 0.395 bits per heavy atom. The van der Waals surface area contributed by atoms with Crippen LogP contribution in [0.5, 0.6) is 0 Å². The van der Waals surface area contributed by atoms with E-state index in [0.29, 0.717) is 11.3 Å². The van der Waals surface area contributed by atoms with Crippen LogP contribution in [-0.4, -0.2) is 11.3 Å². The molecule has 0 saturated heterocycles. The molecule has 0 heterocycles. The van der Waals surface area contributed by atoms with Crippen molar-refractivity contribution >= 4 is 37.1 Å². The van der Waals surface area contributed by atoms with E-state index in [-0.39, 0.29) is 0 Å². The first-order valence-electron chi connectivity index (χ1n) is 13.4. The molecule has 4 aromatic rings.